The number of benzene rings is 1. The number of aliphatic hydroxyl groups excluding tert-OH is 1. The number of hydrogen-bond donors (Lipinski definition) is 2. The van der Waals surface area contributed by atoms with Crippen LogP contribution in [0.25, 0.3) is 0 Å². The maximum Gasteiger partial charge on any atom is 0.240 e. The summed E-state index contributed by atoms with van der Waals surface area (Å²) in [5, 5.41) is 17.7. The zero-order valence-electron chi connectivity index (χ0n) is 11.0. The van der Waals surface area contributed by atoms with E-state index in [2.05, 4.69) is 4.72 Å². The predicted octanol–water partition coefficient (Wildman–Crippen LogP) is 1.31. The smallest absolute Gasteiger partial charge is 0.240 e. The average molecular weight is 282 g/mol. The number of nitrogens with zero attached hydrogens (tertiary/aromatic N) is 1. The van der Waals surface area contributed by atoms with Gasteiger partial charge in [-0.3, -0.25) is 0 Å². The molecule has 1 unspecified atom stereocenters. The van der Waals surface area contributed by atoms with Crippen LogP contribution >= 0.6 is 0 Å². The van der Waals surface area contributed by atoms with Crippen LogP contribution in [0, 0.1) is 18.3 Å². The highest BCUT2D eigenvalue weighted by Gasteiger charge is 2.19. The lowest BCUT2D eigenvalue weighted by atomic mass is 10.1. The van der Waals surface area contributed by atoms with Crippen molar-refractivity contribution >= 4 is 10.0 Å². The largest absolute Gasteiger partial charge is 0.396 e. The molecule has 0 aromatic heterocycles. The first-order chi connectivity index (χ1) is 8.94. The summed E-state index contributed by atoms with van der Waals surface area (Å²) in [5.41, 5.74) is 1.09. The van der Waals surface area contributed by atoms with Gasteiger partial charge in [0.25, 0.3) is 0 Å². The molecule has 0 fully saturated rings. The van der Waals surface area contributed by atoms with Crippen molar-refractivity contribution in [3.8, 4) is 6.07 Å². The van der Waals surface area contributed by atoms with Crippen LogP contribution in [0.5, 0.6) is 0 Å². The topological polar surface area (TPSA) is 90.2 Å². The van der Waals surface area contributed by atoms with Gasteiger partial charge in [0.15, 0.2) is 0 Å². The van der Waals surface area contributed by atoms with E-state index in [4.69, 9.17) is 10.4 Å². The molecule has 2 N–H and O–H groups in total. The van der Waals surface area contributed by atoms with Crippen LogP contribution in [-0.2, 0) is 10.0 Å². The SMILES string of the molecule is CCC(CCO)NS(=O)(=O)c1ccc(C#N)c(C)c1. The van der Waals surface area contributed by atoms with E-state index in [0.29, 0.717) is 24.0 Å². The lowest BCUT2D eigenvalue weighted by molar-refractivity contribution is 0.270. The summed E-state index contributed by atoms with van der Waals surface area (Å²) in [5.74, 6) is 0. The zero-order chi connectivity index (χ0) is 14.5. The molecule has 0 heterocycles. The highest BCUT2D eigenvalue weighted by atomic mass is 32.2. The third-order valence-corrected chi connectivity index (χ3v) is 4.44. The minimum atomic E-state index is -3.61. The van der Waals surface area contributed by atoms with Crippen LogP contribution < -0.4 is 4.72 Å². The van der Waals surface area contributed by atoms with Crippen molar-refractivity contribution in [2.45, 2.75) is 37.6 Å². The molecule has 0 saturated carbocycles. The van der Waals surface area contributed by atoms with Gasteiger partial charge >= 0.3 is 0 Å². The Morgan fingerprint density at radius 2 is 2.16 bits per heavy atom. The van der Waals surface area contributed by atoms with E-state index in [1.54, 1.807) is 6.92 Å². The van der Waals surface area contributed by atoms with Crippen molar-refractivity contribution in [2.24, 2.45) is 0 Å². The van der Waals surface area contributed by atoms with E-state index < -0.39 is 10.0 Å². The first-order valence-corrected chi connectivity index (χ1v) is 7.56. The predicted molar refractivity (Wildman–Crippen MR) is 72.0 cm³/mol. The highest BCUT2D eigenvalue weighted by Crippen LogP contribution is 2.16. The molecule has 1 atom stereocenters. The van der Waals surface area contributed by atoms with Gasteiger partial charge in [0.1, 0.15) is 0 Å². The van der Waals surface area contributed by atoms with Crippen LogP contribution in [-0.4, -0.2) is 26.2 Å². The van der Waals surface area contributed by atoms with E-state index in [9.17, 15) is 8.42 Å². The van der Waals surface area contributed by atoms with Crippen molar-refractivity contribution in [2.75, 3.05) is 6.61 Å². The molecule has 1 aromatic rings. The Hall–Kier alpha value is -1.42. The minimum Gasteiger partial charge on any atom is -0.396 e. The fourth-order valence-electron chi connectivity index (χ4n) is 1.72. The standard InChI is InChI=1S/C13H18N2O3S/c1-3-12(6-7-16)15-19(17,18)13-5-4-11(9-14)10(2)8-13/h4-5,8,12,15-16H,3,6-7H2,1-2H3. The number of rotatable bonds is 6. The molecule has 0 saturated heterocycles. The van der Waals surface area contributed by atoms with Gasteiger partial charge in [0.05, 0.1) is 16.5 Å². The van der Waals surface area contributed by atoms with Gasteiger partial charge in [0.2, 0.25) is 10.0 Å². The summed E-state index contributed by atoms with van der Waals surface area (Å²) < 4.78 is 26.9. The Balaban J connectivity index is 3.01. The van der Waals surface area contributed by atoms with Crippen molar-refractivity contribution in [1.29, 1.82) is 5.26 Å². The lowest BCUT2D eigenvalue weighted by Gasteiger charge is -2.16. The second-order valence-electron chi connectivity index (χ2n) is 4.33. The average Bonchev–Trinajstić information content (AvgIpc) is 2.37. The zero-order valence-corrected chi connectivity index (χ0v) is 11.9. The van der Waals surface area contributed by atoms with Gasteiger partial charge in [-0.2, -0.15) is 5.26 Å². The molecule has 0 spiro atoms. The molecule has 19 heavy (non-hydrogen) atoms. The number of sulfonamides is 1. The molecule has 0 amide bonds. The van der Waals surface area contributed by atoms with Crippen LogP contribution in [0.3, 0.4) is 0 Å². The van der Waals surface area contributed by atoms with E-state index in [1.807, 2.05) is 13.0 Å². The van der Waals surface area contributed by atoms with Crippen molar-refractivity contribution in [3.05, 3.63) is 29.3 Å². The van der Waals surface area contributed by atoms with E-state index in [0.717, 1.165) is 0 Å². The van der Waals surface area contributed by atoms with E-state index in [1.165, 1.54) is 18.2 Å². The molecule has 0 aliphatic heterocycles. The monoisotopic (exact) mass is 282 g/mol. The van der Waals surface area contributed by atoms with Gasteiger partial charge in [-0.05, 0) is 43.5 Å². The molecule has 0 bridgehead atoms. The Morgan fingerprint density at radius 1 is 1.47 bits per heavy atom. The Bertz CT molecular complexity index is 576. The van der Waals surface area contributed by atoms with Crippen LogP contribution in [0.2, 0.25) is 0 Å². The molecule has 5 nitrogen and oxygen atoms in total. The molecular formula is C13H18N2O3S. The summed E-state index contributed by atoms with van der Waals surface area (Å²) in [7, 11) is -3.61. The molecule has 0 aliphatic carbocycles. The molecule has 0 radical (unpaired) electrons. The molecular weight excluding hydrogens is 264 g/mol. The molecule has 1 aromatic carbocycles. The molecule has 104 valence electrons. The highest BCUT2D eigenvalue weighted by molar-refractivity contribution is 7.89. The first-order valence-electron chi connectivity index (χ1n) is 6.08. The number of aliphatic hydroxyl groups is 1. The lowest BCUT2D eigenvalue weighted by Crippen LogP contribution is -2.35. The quantitative estimate of drug-likeness (QED) is 0.823. The van der Waals surface area contributed by atoms with Crippen LogP contribution in [0.1, 0.15) is 30.9 Å². The fourth-order valence-corrected chi connectivity index (χ4v) is 3.16. The van der Waals surface area contributed by atoms with Gasteiger partial charge in [-0.15, -0.1) is 0 Å². The number of aryl methyl sites for hydroxylation is 1. The first kappa shape index (κ1) is 15.6. The number of nitrogens with one attached hydrogen (secondary N) is 1. The maximum absolute atomic E-state index is 12.2. The van der Waals surface area contributed by atoms with Crippen molar-refractivity contribution in [3.63, 3.8) is 0 Å². The molecule has 6 heteroatoms. The maximum atomic E-state index is 12.2. The molecule has 1 rings (SSSR count). The Morgan fingerprint density at radius 3 is 2.63 bits per heavy atom. The second kappa shape index (κ2) is 6.66. The third-order valence-electron chi connectivity index (χ3n) is 2.92. The summed E-state index contributed by atoms with van der Waals surface area (Å²) in [6, 6.07) is 6.10. The van der Waals surface area contributed by atoms with Gasteiger partial charge < -0.3 is 5.11 Å². The summed E-state index contributed by atoms with van der Waals surface area (Å²) >= 11 is 0. The van der Waals surface area contributed by atoms with Gasteiger partial charge in [-0.1, -0.05) is 6.92 Å². The number of nitriles is 1. The third kappa shape index (κ3) is 4.03. The van der Waals surface area contributed by atoms with Gasteiger partial charge in [-0.25, -0.2) is 13.1 Å². The van der Waals surface area contributed by atoms with Crippen molar-refractivity contribution < 1.29 is 13.5 Å². The van der Waals surface area contributed by atoms with Crippen LogP contribution in [0.15, 0.2) is 23.1 Å². The summed E-state index contributed by atoms with van der Waals surface area (Å²) in [6.07, 6.45) is 0.986. The van der Waals surface area contributed by atoms with E-state index in [-0.39, 0.29) is 17.5 Å². The van der Waals surface area contributed by atoms with Crippen molar-refractivity contribution in [1.82, 2.24) is 4.72 Å². The number of hydrogen-bond acceptors (Lipinski definition) is 4. The summed E-state index contributed by atoms with van der Waals surface area (Å²) in [4.78, 5) is 0.139. The van der Waals surface area contributed by atoms with E-state index >= 15 is 0 Å². The Kier molecular flexibility index (Phi) is 5.48. The fraction of sp³-hybridized carbons (Fsp3) is 0.462. The molecule has 0 aliphatic rings. The summed E-state index contributed by atoms with van der Waals surface area (Å²) in [6.45, 7) is 3.49. The minimum absolute atomic E-state index is 0.0621. The van der Waals surface area contributed by atoms with Gasteiger partial charge in [0, 0.05) is 12.6 Å². The van der Waals surface area contributed by atoms with Crippen LogP contribution in [0.4, 0.5) is 0 Å². The second-order valence-corrected chi connectivity index (χ2v) is 6.04. The Labute approximate surface area is 113 Å². The normalized spacial score (nSPS) is 12.9.